The van der Waals surface area contributed by atoms with E-state index in [0.29, 0.717) is 23.9 Å². The van der Waals surface area contributed by atoms with Gasteiger partial charge < -0.3 is 9.47 Å². The van der Waals surface area contributed by atoms with Crippen molar-refractivity contribution in [3.05, 3.63) is 70.9 Å². The van der Waals surface area contributed by atoms with Crippen molar-refractivity contribution in [1.29, 1.82) is 0 Å². The molecule has 2 aromatic carbocycles. The van der Waals surface area contributed by atoms with Crippen LogP contribution in [0.1, 0.15) is 17.3 Å². The van der Waals surface area contributed by atoms with Crippen molar-refractivity contribution in [3.63, 3.8) is 0 Å². The molecule has 0 amide bonds. The highest BCUT2D eigenvalue weighted by molar-refractivity contribution is 7.24. The van der Waals surface area contributed by atoms with Crippen molar-refractivity contribution in [2.24, 2.45) is 0 Å². The van der Waals surface area contributed by atoms with E-state index in [0.717, 1.165) is 22.0 Å². The lowest BCUT2D eigenvalue weighted by Crippen LogP contribution is -2.32. The Balaban J connectivity index is 1.69. The molecule has 0 saturated heterocycles. The van der Waals surface area contributed by atoms with Gasteiger partial charge in [-0.25, -0.2) is 9.59 Å². The number of carbonyl (C=O) groups is 2. The predicted molar refractivity (Wildman–Crippen MR) is 119 cm³/mol. The van der Waals surface area contributed by atoms with Gasteiger partial charge in [-0.2, -0.15) is 0 Å². The number of hydrogen-bond donors (Lipinski definition) is 0. The van der Waals surface area contributed by atoms with Crippen LogP contribution in [0.25, 0.3) is 20.2 Å². The summed E-state index contributed by atoms with van der Waals surface area (Å²) in [5, 5.41) is 0.997. The maximum absolute atomic E-state index is 13.0. The maximum atomic E-state index is 13.0. The van der Waals surface area contributed by atoms with Gasteiger partial charge in [-0.15, -0.1) is 11.3 Å². The first kappa shape index (κ1) is 21.7. The topological polar surface area (TPSA) is 72.9 Å². The van der Waals surface area contributed by atoms with Crippen molar-refractivity contribution >= 4 is 43.4 Å². The molecule has 0 saturated carbocycles. The Labute approximate surface area is 178 Å². The Morgan fingerprint density at radius 1 is 1.03 bits per heavy atom. The fourth-order valence-electron chi connectivity index (χ4n) is 3.12. The number of ether oxygens (including phenoxy) is 2. The van der Waals surface area contributed by atoms with Gasteiger partial charge in [0.25, 0.3) is 0 Å². The van der Waals surface area contributed by atoms with Crippen molar-refractivity contribution in [2.75, 3.05) is 32.8 Å². The van der Waals surface area contributed by atoms with Gasteiger partial charge in [0, 0.05) is 34.0 Å². The molecule has 30 heavy (non-hydrogen) atoms. The van der Waals surface area contributed by atoms with E-state index in [1.165, 1.54) is 11.3 Å². The summed E-state index contributed by atoms with van der Waals surface area (Å²) in [5.41, 5.74) is 0.119. The molecule has 3 rings (SSSR count). The first-order valence-corrected chi connectivity index (χ1v) is 10.5. The number of esters is 2. The molecule has 0 atom stereocenters. The zero-order valence-electron chi connectivity index (χ0n) is 16.8. The average Bonchev–Trinajstić information content (AvgIpc) is 2.77. The normalized spacial score (nSPS) is 11.0. The second kappa shape index (κ2) is 10.1. The summed E-state index contributed by atoms with van der Waals surface area (Å²) in [6.45, 7) is 7.47. The van der Waals surface area contributed by atoms with Gasteiger partial charge >= 0.3 is 11.9 Å². The molecule has 3 aromatic rings. The Morgan fingerprint density at radius 3 is 2.47 bits per heavy atom. The van der Waals surface area contributed by atoms with Gasteiger partial charge in [0.15, 0.2) is 5.43 Å². The largest absolute Gasteiger partial charge is 0.461 e. The number of carbonyl (C=O) groups excluding carboxylic acids is 2. The molecule has 156 valence electrons. The van der Waals surface area contributed by atoms with Crippen molar-refractivity contribution < 1.29 is 19.1 Å². The number of nitrogens with zero attached hydrogens (tertiary/aromatic N) is 1. The molecule has 1 heterocycles. The van der Waals surface area contributed by atoms with Crippen LogP contribution in [-0.4, -0.2) is 49.7 Å². The second-order valence-electron chi connectivity index (χ2n) is 6.55. The molecule has 1 aromatic heterocycles. The van der Waals surface area contributed by atoms with Crippen molar-refractivity contribution in [2.45, 2.75) is 6.92 Å². The highest BCUT2D eigenvalue weighted by Crippen LogP contribution is 2.26. The molecule has 0 bridgehead atoms. The lowest BCUT2D eigenvalue weighted by Gasteiger charge is -2.19. The highest BCUT2D eigenvalue weighted by Gasteiger charge is 2.16. The molecule has 0 aliphatic rings. The molecule has 0 N–H and O–H groups in total. The summed E-state index contributed by atoms with van der Waals surface area (Å²) in [5.74, 6) is -0.982. The summed E-state index contributed by atoms with van der Waals surface area (Å²) < 4.78 is 12.1. The monoisotopic (exact) mass is 425 g/mol. The van der Waals surface area contributed by atoms with E-state index in [-0.39, 0.29) is 24.2 Å². The lowest BCUT2D eigenvalue weighted by atomic mass is 10.1. The van der Waals surface area contributed by atoms with Crippen LogP contribution >= 0.6 is 11.3 Å². The molecular weight excluding hydrogens is 402 g/mol. The van der Waals surface area contributed by atoms with Crippen LogP contribution in [0.15, 0.2) is 59.9 Å². The highest BCUT2D eigenvalue weighted by atomic mass is 32.1. The van der Waals surface area contributed by atoms with Crippen LogP contribution in [0.5, 0.6) is 0 Å². The number of fused-ring (bicyclic) bond motifs is 2. The van der Waals surface area contributed by atoms with Gasteiger partial charge in [-0.05, 0) is 30.8 Å². The third-order valence-electron chi connectivity index (χ3n) is 4.73. The Morgan fingerprint density at radius 2 is 1.73 bits per heavy atom. The minimum Gasteiger partial charge on any atom is -0.461 e. The molecule has 6 nitrogen and oxygen atoms in total. The summed E-state index contributed by atoms with van der Waals surface area (Å²) >= 11 is 1.48. The van der Waals surface area contributed by atoms with Gasteiger partial charge in [-0.3, -0.25) is 9.69 Å². The van der Waals surface area contributed by atoms with Crippen LogP contribution in [0, 0.1) is 0 Å². The smallest absolute Gasteiger partial charge is 0.338 e. The first-order valence-electron chi connectivity index (χ1n) is 9.68. The van der Waals surface area contributed by atoms with Crippen LogP contribution < -0.4 is 5.43 Å². The SMILES string of the molecule is C=CC(=O)OCCN(CC)CCOC(=O)c1cccc2sc3ccccc3c(=O)c12. The minimum absolute atomic E-state index is 0.161. The van der Waals surface area contributed by atoms with Crippen molar-refractivity contribution in [3.8, 4) is 0 Å². The van der Waals surface area contributed by atoms with E-state index in [2.05, 4.69) is 6.58 Å². The molecule has 0 unspecified atom stereocenters. The second-order valence-corrected chi connectivity index (χ2v) is 7.63. The third kappa shape index (κ3) is 4.93. The number of hydrogen-bond acceptors (Lipinski definition) is 7. The molecule has 0 spiro atoms. The standard InChI is InChI=1S/C23H23NO5S/c1-3-20(25)28-14-12-24(4-2)13-15-29-23(27)17-9-7-11-19-21(17)22(26)16-8-5-6-10-18(16)30-19/h3,5-11H,1,4,12-15H2,2H3. The zero-order valence-corrected chi connectivity index (χ0v) is 17.6. The van der Waals surface area contributed by atoms with Crippen LogP contribution in [0.3, 0.4) is 0 Å². The summed E-state index contributed by atoms with van der Waals surface area (Å²) in [4.78, 5) is 38.8. The average molecular weight is 426 g/mol. The Hall–Kier alpha value is -3.03. The molecule has 0 radical (unpaired) electrons. The minimum atomic E-state index is -0.519. The molecule has 0 fully saturated rings. The Bertz CT molecular complexity index is 1140. The van der Waals surface area contributed by atoms with Crippen LogP contribution in [0.4, 0.5) is 0 Å². The van der Waals surface area contributed by atoms with Gasteiger partial charge in [0.2, 0.25) is 0 Å². The molecular formula is C23H23NO5S. The first-order chi connectivity index (χ1) is 14.5. The van der Waals surface area contributed by atoms with Crippen molar-refractivity contribution in [1.82, 2.24) is 4.90 Å². The summed E-state index contributed by atoms with van der Waals surface area (Å²) in [6, 6.07) is 12.6. The van der Waals surface area contributed by atoms with E-state index in [4.69, 9.17) is 9.47 Å². The predicted octanol–water partition coefficient (Wildman–Crippen LogP) is 3.62. The van der Waals surface area contributed by atoms with Crippen LogP contribution in [0.2, 0.25) is 0 Å². The van der Waals surface area contributed by atoms with E-state index in [1.54, 1.807) is 18.2 Å². The number of rotatable bonds is 9. The lowest BCUT2D eigenvalue weighted by molar-refractivity contribution is -0.138. The Kier molecular flexibility index (Phi) is 7.32. The van der Waals surface area contributed by atoms with E-state index < -0.39 is 11.9 Å². The quantitative estimate of drug-likeness (QED) is 0.296. The fourth-order valence-corrected chi connectivity index (χ4v) is 4.23. The van der Waals surface area contributed by atoms with Gasteiger partial charge in [0.05, 0.1) is 10.9 Å². The zero-order chi connectivity index (χ0) is 21.5. The van der Waals surface area contributed by atoms with E-state index >= 15 is 0 Å². The summed E-state index contributed by atoms with van der Waals surface area (Å²) in [7, 11) is 0. The summed E-state index contributed by atoms with van der Waals surface area (Å²) in [6.07, 6.45) is 1.12. The van der Waals surface area contributed by atoms with E-state index in [9.17, 15) is 14.4 Å². The van der Waals surface area contributed by atoms with Crippen LogP contribution in [-0.2, 0) is 14.3 Å². The van der Waals surface area contributed by atoms with E-state index in [1.807, 2.05) is 36.1 Å². The number of likely N-dealkylation sites (N-methyl/N-ethyl adjacent to an activating group) is 1. The molecule has 0 aliphatic heterocycles. The fraction of sp³-hybridized carbons (Fsp3) is 0.261. The molecule has 0 aliphatic carbocycles. The van der Waals surface area contributed by atoms with Gasteiger partial charge in [-0.1, -0.05) is 31.7 Å². The molecule has 7 heteroatoms. The maximum Gasteiger partial charge on any atom is 0.338 e. The third-order valence-corrected chi connectivity index (χ3v) is 5.87. The van der Waals surface area contributed by atoms with Gasteiger partial charge in [0.1, 0.15) is 13.2 Å². The number of benzene rings is 2.